The van der Waals surface area contributed by atoms with Crippen LogP contribution in [0.1, 0.15) is 41.7 Å². The molecule has 2 aliphatic rings. The molecule has 2 unspecified atom stereocenters. The number of allylic oxidation sites excluding steroid dienone is 6. The normalized spacial score (nSPS) is 20.4. The predicted molar refractivity (Wildman–Crippen MR) is 231 cm³/mol. The molecule has 0 radical (unpaired) electrons. The van der Waals surface area contributed by atoms with Crippen molar-refractivity contribution in [3.8, 4) is 0 Å². The smallest absolute Gasteiger partial charge is 0.210 e. The topological polar surface area (TPSA) is 6.25 Å². The summed E-state index contributed by atoms with van der Waals surface area (Å²) in [7, 11) is 4.47. The SMILES string of the molecule is Cc1ccccc1CC1(C)C(=CC=CC=CC2=[N+](C)c3ccc4ccccc4c3C2(C)Cc2cccc3ccccc23)N(C)c2ccc3ccccc3c21. The van der Waals surface area contributed by atoms with Crippen LogP contribution in [-0.4, -0.2) is 24.4 Å². The first-order valence-electron chi connectivity index (χ1n) is 19.2. The van der Waals surface area contributed by atoms with Gasteiger partial charge in [-0.1, -0.05) is 140 Å². The summed E-state index contributed by atoms with van der Waals surface area (Å²) in [6.07, 6.45) is 13.2. The summed E-state index contributed by atoms with van der Waals surface area (Å²) in [5.74, 6) is 0. The van der Waals surface area contributed by atoms with Gasteiger partial charge in [-0.05, 0) is 106 Å². The number of rotatable bonds is 7. The van der Waals surface area contributed by atoms with E-state index in [9.17, 15) is 0 Å². The first-order chi connectivity index (χ1) is 26.3. The molecule has 0 saturated heterocycles. The van der Waals surface area contributed by atoms with Crippen LogP contribution in [0.25, 0.3) is 32.3 Å². The van der Waals surface area contributed by atoms with Gasteiger partial charge in [-0.25, -0.2) is 0 Å². The molecule has 0 fully saturated rings. The molecule has 2 heterocycles. The van der Waals surface area contributed by atoms with Gasteiger partial charge < -0.3 is 4.90 Å². The maximum atomic E-state index is 2.45. The molecule has 2 nitrogen and oxygen atoms in total. The highest BCUT2D eigenvalue weighted by molar-refractivity contribution is 6.08. The van der Waals surface area contributed by atoms with Crippen LogP contribution in [0.15, 0.2) is 176 Å². The molecule has 0 spiro atoms. The number of fused-ring (bicyclic) bond motifs is 7. The average Bonchev–Trinajstić information content (AvgIpc) is 3.54. The minimum Gasteiger partial charge on any atom is -0.347 e. The largest absolute Gasteiger partial charge is 0.347 e. The Kier molecular flexibility index (Phi) is 8.23. The molecule has 54 heavy (non-hydrogen) atoms. The molecule has 2 heteroatoms. The predicted octanol–water partition coefficient (Wildman–Crippen LogP) is 12.3. The van der Waals surface area contributed by atoms with Gasteiger partial charge in [-0.15, -0.1) is 0 Å². The van der Waals surface area contributed by atoms with Crippen LogP contribution < -0.4 is 4.90 Å². The Bertz CT molecular complexity index is 2740. The lowest BCUT2D eigenvalue weighted by Gasteiger charge is -2.30. The van der Waals surface area contributed by atoms with Crippen molar-refractivity contribution in [1.29, 1.82) is 0 Å². The van der Waals surface area contributed by atoms with E-state index in [-0.39, 0.29) is 10.8 Å². The monoisotopic (exact) mass is 699 g/mol. The summed E-state index contributed by atoms with van der Waals surface area (Å²) in [4.78, 5) is 2.41. The molecular formula is C52H47N2+. The van der Waals surface area contributed by atoms with E-state index in [0.29, 0.717) is 0 Å². The van der Waals surface area contributed by atoms with Crippen molar-refractivity contribution in [2.45, 2.75) is 44.4 Å². The molecular weight excluding hydrogens is 653 g/mol. The Morgan fingerprint density at radius 2 is 1.13 bits per heavy atom. The molecule has 0 bridgehead atoms. The standard InChI is InChI=1S/C52H47N2/c1-36-18-9-10-22-40(36)34-51(2)47(53(4)45-32-30-38-20-12-15-26-43(38)49(45)51)28-7-6-8-29-48-52(3,35-41-24-17-23-37-19-11-14-25-42(37)41)50-44-27-16-13-21-39(44)31-33-46(50)54(48)5/h6-33H,34-35H2,1-5H3/q+1. The minimum atomic E-state index is -0.238. The van der Waals surface area contributed by atoms with Crippen LogP contribution in [0.5, 0.6) is 0 Å². The van der Waals surface area contributed by atoms with E-state index in [0.717, 1.165) is 12.8 Å². The van der Waals surface area contributed by atoms with Gasteiger partial charge >= 0.3 is 0 Å². The van der Waals surface area contributed by atoms with Crippen LogP contribution in [0.2, 0.25) is 0 Å². The second-order valence-electron chi connectivity index (χ2n) is 15.7. The molecule has 0 amide bonds. The van der Waals surface area contributed by atoms with E-state index in [2.05, 4.69) is 214 Å². The summed E-state index contributed by atoms with van der Waals surface area (Å²) in [6.45, 7) is 7.12. The van der Waals surface area contributed by atoms with E-state index >= 15 is 0 Å². The van der Waals surface area contributed by atoms with Crippen LogP contribution in [-0.2, 0) is 23.7 Å². The molecule has 0 aliphatic carbocycles. The van der Waals surface area contributed by atoms with Gasteiger partial charge in [0.15, 0.2) is 5.71 Å². The van der Waals surface area contributed by atoms with E-state index < -0.39 is 0 Å². The molecule has 2 aliphatic heterocycles. The Morgan fingerprint density at radius 1 is 0.556 bits per heavy atom. The highest BCUT2D eigenvalue weighted by Gasteiger charge is 2.48. The van der Waals surface area contributed by atoms with Crippen molar-refractivity contribution in [3.63, 3.8) is 0 Å². The van der Waals surface area contributed by atoms with Crippen LogP contribution in [0, 0.1) is 6.92 Å². The fourth-order valence-corrected chi connectivity index (χ4v) is 9.82. The van der Waals surface area contributed by atoms with E-state index in [4.69, 9.17) is 0 Å². The van der Waals surface area contributed by atoms with Crippen molar-refractivity contribution in [3.05, 3.63) is 203 Å². The van der Waals surface area contributed by atoms with Crippen molar-refractivity contribution in [2.75, 3.05) is 19.0 Å². The lowest BCUT2D eigenvalue weighted by atomic mass is 9.72. The zero-order valence-electron chi connectivity index (χ0n) is 32.0. The van der Waals surface area contributed by atoms with Gasteiger partial charge in [0, 0.05) is 41.6 Å². The Morgan fingerprint density at radius 3 is 1.87 bits per heavy atom. The van der Waals surface area contributed by atoms with E-state index in [1.807, 2.05) is 0 Å². The van der Waals surface area contributed by atoms with Gasteiger partial charge in [0.2, 0.25) is 5.69 Å². The number of aryl methyl sites for hydroxylation is 1. The van der Waals surface area contributed by atoms with Crippen LogP contribution in [0.4, 0.5) is 11.4 Å². The maximum absolute atomic E-state index is 2.45. The molecule has 0 N–H and O–H groups in total. The highest BCUT2D eigenvalue weighted by Crippen LogP contribution is 2.52. The summed E-state index contributed by atoms with van der Waals surface area (Å²) in [5, 5.41) is 7.86. The Hall–Kier alpha value is -5.99. The first kappa shape index (κ1) is 33.8. The zero-order valence-corrected chi connectivity index (χ0v) is 32.0. The molecule has 0 aromatic heterocycles. The molecule has 7 aromatic rings. The van der Waals surface area contributed by atoms with Crippen molar-refractivity contribution < 1.29 is 4.58 Å². The van der Waals surface area contributed by atoms with Gasteiger partial charge in [-0.2, -0.15) is 4.58 Å². The minimum absolute atomic E-state index is 0.203. The first-order valence-corrected chi connectivity index (χ1v) is 19.2. The molecule has 7 aromatic carbocycles. The van der Waals surface area contributed by atoms with Crippen LogP contribution in [0.3, 0.4) is 0 Å². The van der Waals surface area contributed by atoms with Gasteiger partial charge in [0.25, 0.3) is 0 Å². The zero-order chi connectivity index (χ0) is 37.0. The average molecular weight is 700 g/mol. The third-order valence-corrected chi connectivity index (χ3v) is 12.5. The van der Waals surface area contributed by atoms with E-state index in [1.165, 1.54) is 82.9 Å². The number of nitrogens with zero attached hydrogens (tertiary/aromatic N) is 2. The quantitative estimate of drug-likeness (QED) is 0.119. The lowest BCUT2D eigenvalue weighted by molar-refractivity contribution is -0.401. The molecule has 264 valence electrons. The van der Waals surface area contributed by atoms with E-state index in [1.54, 1.807) is 0 Å². The van der Waals surface area contributed by atoms with Gasteiger partial charge in [-0.3, -0.25) is 0 Å². The van der Waals surface area contributed by atoms with Crippen molar-refractivity contribution in [2.24, 2.45) is 0 Å². The molecule has 0 saturated carbocycles. The third kappa shape index (κ3) is 5.35. The summed E-state index contributed by atoms with van der Waals surface area (Å²) >= 11 is 0. The number of hydrogen-bond acceptors (Lipinski definition) is 1. The number of benzene rings is 7. The third-order valence-electron chi connectivity index (χ3n) is 12.5. The molecule has 9 rings (SSSR count). The van der Waals surface area contributed by atoms with Crippen LogP contribution >= 0.6 is 0 Å². The number of hydrogen-bond donors (Lipinski definition) is 0. The maximum Gasteiger partial charge on any atom is 0.210 e. The summed E-state index contributed by atoms with van der Waals surface area (Å²) in [5.41, 5.74) is 11.7. The number of likely N-dealkylation sites (N-methyl/N-ethyl adjacent to an activating group) is 1. The Labute approximate surface area is 319 Å². The van der Waals surface area contributed by atoms with Crippen molar-refractivity contribution in [1.82, 2.24) is 0 Å². The summed E-state index contributed by atoms with van der Waals surface area (Å²) < 4.78 is 2.42. The fraction of sp³-hybridized carbons (Fsp3) is 0.173. The summed E-state index contributed by atoms with van der Waals surface area (Å²) in [6, 6.07) is 51.3. The fourth-order valence-electron chi connectivity index (χ4n) is 9.82. The second kappa shape index (κ2) is 13.1. The molecule has 2 atom stereocenters. The lowest BCUT2D eigenvalue weighted by Crippen LogP contribution is -2.33. The number of anilines is 1. The Balaban J connectivity index is 1.11. The van der Waals surface area contributed by atoms with Crippen molar-refractivity contribution >= 4 is 49.4 Å². The van der Waals surface area contributed by atoms with Gasteiger partial charge in [0.1, 0.15) is 7.05 Å². The second-order valence-corrected chi connectivity index (χ2v) is 15.7. The van der Waals surface area contributed by atoms with Gasteiger partial charge in [0.05, 0.1) is 5.41 Å². The highest BCUT2D eigenvalue weighted by atomic mass is 15.2.